The fourth-order valence-corrected chi connectivity index (χ4v) is 2.52. The maximum absolute atomic E-state index is 13.1. The van der Waals surface area contributed by atoms with Crippen molar-refractivity contribution in [3.05, 3.63) is 39.7 Å². The normalized spacial score (nSPS) is 22.2. The molecule has 2 unspecified atom stereocenters. The van der Waals surface area contributed by atoms with E-state index >= 15 is 0 Å². The van der Waals surface area contributed by atoms with Gasteiger partial charge in [-0.15, -0.1) is 11.6 Å². The van der Waals surface area contributed by atoms with Crippen molar-refractivity contribution >= 4 is 23.2 Å². The third-order valence-electron chi connectivity index (χ3n) is 3.15. The third-order valence-corrected chi connectivity index (χ3v) is 3.67. The number of amides is 1. The summed E-state index contributed by atoms with van der Waals surface area (Å²) in [6.07, 6.45) is 2.41. The lowest BCUT2D eigenvalue weighted by molar-refractivity contribution is -0.385. The molecule has 2 rings (SSSR count). The van der Waals surface area contributed by atoms with Gasteiger partial charge in [0.25, 0.3) is 11.6 Å². The van der Waals surface area contributed by atoms with Crippen molar-refractivity contribution in [2.24, 2.45) is 0 Å². The second-order valence-corrected chi connectivity index (χ2v) is 5.01. The molecule has 1 aromatic rings. The van der Waals surface area contributed by atoms with Gasteiger partial charge in [0.15, 0.2) is 0 Å². The fraction of sp³-hybridized carbons (Fsp3) is 0.417. The van der Waals surface area contributed by atoms with Gasteiger partial charge in [0.05, 0.1) is 10.3 Å². The van der Waals surface area contributed by atoms with E-state index in [2.05, 4.69) is 5.32 Å². The predicted octanol–water partition coefficient (Wildman–Crippen LogP) is 2.62. The van der Waals surface area contributed by atoms with Crippen LogP contribution in [0, 0.1) is 15.9 Å². The van der Waals surface area contributed by atoms with Gasteiger partial charge >= 0.3 is 0 Å². The maximum Gasteiger partial charge on any atom is 0.282 e. The number of alkyl halides is 1. The van der Waals surface area contributed by atoms with Crippen molar-refractivity contribution in [3.63, 3.8) is 0 Å². The highest BCUT2D eigenvalue weighted by Crippen LogP contribution is 2.25. The van der Waals surface area contributed by atoms with Crippen LogP contribution in [0.4, 0.5) is 10.1 Å². The largest absolute Gasteiger partial charge is 0.348 e. The van der Waals surface area contributed by atoms with Crippen molar-refractivity contribution in [1.29, 1.82) is 0 Å². The van der Waals surface area contributed by atoms with Crippen molar-refractivity contribution in [1.82, 2.24) is 5.32 Å². The summed E-state index contributed by atoms with van der Waals surface area (Å²) in [5, 5.41) is 13.3. The zero-order valence-electron chi connectivity index (χ0n) is 9.94. The van der Waals surface area contributed by atoms with Gasteiger partial charge in [0, 0.05) is 12.1 Å². The van der Waals surface area contributed by atoms with Crippen LogP contribution in [-0.2, 0) is 0 Å². The second kappa shape index (κ2) is 5.52. The van der Waals surface area contributed by atoms with Crippen LogP contribution in [-0.4, -0.2) is 22.2 Å². The molecule has 0 heterocycles. The van der Waals surface area contributed by atoms with Crippen LogP contribution >= 0.6 is 11.6 Å². The summed E-state index contributed by atoms with van der Waals surface area (Å²) in [6, 6.07) is 2.58. The van der Waals surface area contributed by atoms with Crippen LogP contribution < -0.4 is 5.32 Å². The summed E-state index contributed by atoms with van der Waals surface area (Å²) in [5.74, 6) is -1.35. The quantitative estimate of drug-likeness (QED) is 0.527. The molecular weight excluding hydrogens is 275 g/mol. The van der Waals surface area contributed by atoms with Crippen LogP contribution in [0.3, 0.4) is 0 Å². The number of benzene rings is 1. The van der Waals surface area contributed by atoms with Crippen molar-refractivity contribution in [2.75, 3.05) is 0 Å². The minimum Gasteiger partial charge on any atom is -0.348 e. The van der Waals surface area contributed by atoms with E-state index in [1.165, 1.54) is 0 Å². The lowest BCUT2D eigenvalue weighted by atomic mass is 10.1. The van der Waals surface area contributed by atoms with E-state index in [4.69, 9.17) is 11.6 Å². The predicted molar refractivity (Wildman–Crippen MR) is 67.8 cm³/mol. The number of halogens is 2. The van der Waals surface area contributed by atoms with Gasteiger partial charge in [-0.05, 0) is 31.4 Å². The highest BCUT2D eigenvalue weighted by molar-refractivity contribution is 6.21. The van der Waals surface area contributed by atoms with E-state index in [-0.39, 0.29) is 17.0 Å². The number of rotatable bonds is 3. The number of nitrogens with zero attached hydrogens (tertiary/aromatic N) is 1. The van der Waals surface area contributed by atoms with E-state index < -0.39 is 22.3 Å². The van der Waals surface area contributed by atoms with Crippen LogP contribution in [0.5, 0.6) is 0 Å². The molecule has 1 fully saturated rings. The molecule has 1 aliphatic rings. The minimum absolute atomic E-state index is 0.184. The van der Waals surface area contributed by atoms with Crippen LogP contribution in [0.25, 0.3) is 0 Å². The molecule has 1 saturated carbocycles. The molecule has 0 saturated heterocycles. The molecule has 2 atom stereocenters. The molecule has 0 aromatic heterocycles. The number of nitrogens with one attached hydrogen (secondary N) is 1. The average Bonchev–Trinajstić information content (AvgIpc) is 2.74. The number of carbonyl (C=O) groups is 1. The Hall–Kier alpha value is -1.69. The Kier molecular flexibility index (Phi) is 3.99. The summed E-state index contributed by atoms with van der Waals surface area (Å²) in [6.45, 7) is 0. The van der Waals surface area contributed by atoms with Crippen LogP contribution in [0.1, 0.15) is 29.6 Å². The van der Waals surface area contributed by atoms with Gasteiger partial charge in [-0.25, -0.2) is 4.39 Å². The van der Waals surface area contributed by atoms with Gasteiger partial charge in [-0.2, -0.15) is 0 Å². The zero-order valence-corrected chi connectivity index (χ0v) is 10.7. The first-order valence-electron chi connectivity index (χ1n) is 5.88. The number of hydrogen-bond donors (Lipinski definition) is 1. The Bertz CT molecular complexity index is 524. The molecule has 1 aliphatic carbocycles. The Balaban J connectivity index is 2.22. The number of nitro benzene ring substituents is 1. The lowest BCUT2D eigenvalue weighted by Crippen LogP contribution is -2.38. The first-order valence-corrected chi connectivity index (χ1v) is 6.31. The second-order valence-electron chi connectivity index (χ2n) is 4.45. The monoisotopic (exact) mass is 286 g/mol. The summed E-state index contributed by atoms with van der Waals surface area (Å²) in [4.78, 5) is 22.1. The van der Waals surface area contributed by atoms with Gasteiger partial charge in [0.2, 0.25) is 0 Å². The molecule has 1 N–H and O–H groups in total. The van der Waals surface area contributed by atoms with Crippen LogP contribution in [0.2, 0.25) is 0 Å². The first-order chi connectivity index (χ1) is 8.99. The number of nitro groups is 1. The molecule has 0 bridgehead atoms. The van der Waals surface area contributed by atoms with Gasteiger partial charge in [0.1, 0.15) is 11.4 Å². The van der Waals surface area contributed by atoms with Crippen LogP contribution in [0.15, 0.2) is 18.2 Å². The smallest absolute Gasteiger partial charge is 0.282 e. The molecular formula is C12H12ClFN2O3. The minimum atomic E-state index is -0.707. The highest BCUT2D eigenvalue weighted by atomic mass is 35.5. The van der Waals surface area contributed by atoms with Gasteiger partial charge in [-0.1, -0.05) is 0 Å². The Morgan fingerprint density at radius 3 is 2.79 bits per heavy atom. The molecule has 19 heavy (non-hydrogen) atoms. The average molecular weight is 287 g/mol. The summed E-state index contributed by atoms with van der Waals surface area (Å²) >= 11 is 6.02. The summed E-state index contributed by atoms with van der Waals surface area (Å²) in [5.41, 5.74) is -0.691. The molecule has 0 aliphatic heterocycles. The SMILES string of the molecule is O=C(NC1CCCC1Cl)c1cc(F)ccc1[N+](=O)[O-]. The standard InChI is InChI=1S/C12H12ClFN2O3/c13-9-2-1-3-10(9)15-12(17)8-6-7(14)4-5-11(8)16(18)19/h4-6,9-10H,1-3H2,(H,15,17). The Morgan fingerprint density at radius 1 is 1.47 bits per heavy atom. The summed E-state index contributed by atoms with van der Waals surface area (Å²) in [7, 11) is 0. The molecule has 1 aromatic carbocycles. The van der Waals surface area contributed by atoms with E-state index in [1.54, 1.807) is 0 Å². The molecule has 1 amide bonds. The maximum atomic E-state index is 13.1. The topological polar surface area (TPSA) is 72.2 Å². The van der Waals surface area contributed by atoms with Crippen molar-refractivity contribution in [2.45, 2.75) is 30.7 Å². The summed E-state index contributed by atoms with van der Waals surface area (Å²) < 4.78 is 13.1. The van der Waals surface area contributed by atoms with Gasteiger partial charge in [-0.3, -0.25) is 14.9 Å². The van der Waals surface area contributed by atoms with Crippen molar-refractivity contribution in [3.8, 4) is 0 Å². The molecule has 102 valence electrons. The molecule has 0 radical (unpaired) electrons. The van der Waals surface area contributed by atoms with E-state index in [0.29, 0.717) is 0 Å². The number of carbonyl (C=O) groups excluding carboxylic acids is 1. The molecule has 0 spiro atoms. The fourth-order valence-electron chi connectivity index (χ4n) is 2.17. The number of hydrogen-bond acceptors (Lipinski definition) is 3. The van der Waals surface area contributed by atoms with Gasteiger partial charge < -0.3 is 5.32 Å². The zero-order chi connectivity index (χ0) is 14.0. The third kappa shape index (κ3) is 3.01. The van der Waals surface area contributed by atoms with E-state index in [0.717, 1.165) is 37.5 Å². The first kappa shape index (κ1) is 13.7. The van der Waals surface area contributed by atoms with E-state index in [9.17, 15) is 19.3 Å². The lowest BCUT2D eigenvalue weighted by Gasteiger charge is -2.15. The molecule has 5 nitrogen and oxygen atoms in total. The van der Waals surface area contributed by atoms with Crippen molar-refractivity contribution < 1.29 is 14.1 Å². The highest BCUT2D eigenvalue weighted by Gasteiger charge is 2.29. The molecule has 7 heteroatoms. The van der Waals surface area contributed by atoms with E-state index in [1.807, 2.05) is 0 Å². The Labute approximate surface area is 113 Å². The Morgan fingerprint density at radius 2 is 2.21 bits per heavy atom.